The Balaban J connectivity index is 1.85. The quantitative estimate of drug-likeness (QED) is 0.620. The van der Waals surface area contributed by atoms with Crippen molar-refractivity contribution >= 4 is 34.1 Å². The first-order chi connectivity index (χ1) is 13.1. The summed E-state index contributed by atoms with van der Waals surface area (Å²) in [7, 11) is 0. The van der Waals surface area contributed by atoms with E-state index in [1.807, 2.05) is 0 Å². The summed E-state index contributed by atoms with van der Waals surface area (Å²) in [5.74, 6) is -0.575. The Morgan fingerprint density at radius 3 is 2.67 bits per heavy atom. The van der Waals surface area contributed by atoms with E-state index in [0.29, 0.717) is 41.7 Å². The Morgan fingerprint density at radius 1 is 1.15 bits per heavy atom. The maximum Gasteiger partial charge on any atom is 0.328 e. The summed E-state index contributed by atoms with van der Waals surface area (Å²) in [5.41, 5.74) is 7.40. The van der Waals surface area contributed by atoms with Gasteiger partial charge in [-0.15, -0.1) is 0 Å². The number of nitrogens with two attached hydrogens (primary N) is 1. The minimum atomic E-state index is -0.480. The second-order valence-electron chi connectivity index (χ2n) is 6.23. The summed E-state index contributed by atoms with van der Waals surface area (Å²) in [5, 5.41) is 14.2. The Kier molecular flexibility index (Phi) is 4.21. The summed E-state index contributed by atoms with van der Waals surface area (Å²) in [6, 6.07) is 13.6. The molecular weight excluding hydrogens is 344 g/mol. The number of aromatic nitrogens is 1. The van der Waals surface area contributed by atoms with Crippen molar-refractivity contribution in [3.63, 3.8) is 0 Å². The summed E-state index contributed by atoms with van der Waals surface area (Å²) < 4.78 is 1.17. The number of nitrogens with one attached hydrogen (secondary N) is 1. The monoisotopic (exact) mass is 362 g/mol. The molecule has 27 heavy (non-hydrogen) atoms. The molecule has 0 aliphatic carbocycles. The SMILES string of the molecule is NCCCNC(=O)n1c(O)c(C2=Nc3ccccc3C2=O)c2ccccc21. The fourth-order valence-electron chi connectivity index (χ4n) is 3.27. The van der Waals surface area contributed by atoms with E-state index in [4.69, 9.17) is 5.73 Å². The summed E-state index contributed by atoms with van der Waals surface area (Å²) >= 11 is 0. The number of rotatable bonds is 4. The van der Waals surface area contributed by atoms with Crippen LogP contribution in [-0.2, 0) is 0 Å². The number of para-hydroxylation sites is 2. The van der Waals surface area contributed by atoms with Gasteiger partial charge in [0.25, 0.3) is 0 Å². The van der Waals surface area contributed by atoms with Crippen molar-refractivity contribution in [2.75, 3.05) is 13.1 Å². The first-order valence-electron chi connectivity index (χ1n) is 8.67. The van der Waals surface area contributed by atoms with Gasteiger partial charge in [0.1, 0.15) is 5.71 Å². The van der Waals surface area contributed by atoms with Crippen LogP contribution in [-0.4, -0.2) is 40.3 Å². The van der Waals surface area contributed by atoms with Gasteiger partial charge < -0.3 is 16.2 Å². The van der Waals surface area contributed by atoms with Crippen molar-refractivity contribution < 1.29 is 14.7 Å². The molecule has 0 bridgehead atoms. The van der Waals surface area contributed by atoms with Gasteiger partial charge in [-0.2, -0.15) is 0 Å². The number of carbonyl (C=O) groups excluding carboxylic acids is 2. The number of amides is 1. The lowest BCUT2D eigenvalue weighted by Gasteiger charge is -2.07. The number of hydrogen-bond donors (Lipinski definition) is 3. The Hall–Kier alpha value is -3.45. The van der Waals surface area contributed by atoms with Gasteiger partial charge in [-0.1, -0.05) is 30.3 Å². The molecule has 7 heteroatoms. The number of Topliss-reactive ketones (excluding diaryl/α,β-unsaturated/α-hetero) is 1. The van der Waals surface area contributed by atoms with Gasteiger partial charge in [0.2, 0.25) is 11.7 Å². The second kappa shape index (κ2) is 6.69. The van der Waals surface area contributed by atoms with Crippen LogP contribution >= 0.6 is 0 Å². The molecule has 0 spiro atoms. The van der Waals surface area contributed by atoms with Crippen molar-refractivity contribution in [2.24, 2.45) is 10.7 Å². The van der Waals surface area contributed by atoms with Crippen LogP contribution in [0.4, 0.5) is 10.5 Å². The molecule has 1 aromatic heterocycles. The van der Waals surface area contributed by atoms with E-state index in [2.05, 4.69) is 10.3 Å². The number of benzene rings is 2. The van der Waals surface area contributed by atoms with Gasteiger partial charge in [0, 0.05) is 17.5 Å². The van der Waals surface area contributed by atoms with E-state index in [9.17, 15) is 14.7 Å². The highest BCUT2D eigenvalue weighted by Gasteiger charge is 2.32. The van der Waals surface area contributed by atoms with E-state index < -0.39 is 6.03 Å². The van der Waals surface area contributed by atoms with Crippen molar-refractivity contribution in [1.29, 1.82) is 0 Å². The molecule has 0 unspecified atom stereocenters. The first-order valence-corrected chi connectivity index (χ1v) is 8.67. The number of hydrogen-bond acceptors (Lipinski definition) is 5. The maximum atomic E-state index is 12.8. The van der Waals surface area contributed by atoms with E-state index >= 15 is 0 Å². The average molecular weight is 362 g/mol. The molecule has 4 rings (SSSR count). The third-order valence-electron chi connectivity index (χ3n) is 4.54. The van der Waals surface area contributed by atoms with Gasteiger partial charge in [0.15, 0.2) is 0 Å². The molecular formula is C20H18N4O3. The third-order valence-corrected chi connectivity index (χ3v) is 4.54. The predicted molar refractivity (Wildman–Crippen MR) is 103 cm³/mol. The van der Waals surface area contributed by atoms with E-state index in [1.54, 1.807) is 48.5 Å². The fraction of sp³-hybridized carbons (Fsp3) is 0.150. The van der Waals surface area contributed by atoms with Crippen molar-refractivity contribution in [2.45, 2.75) is 6.42 Å². The molecule has 1 amide bonds. The van der Waals surface area contributed by atoms with Crippen molar-refractivity contribution in [3.05, 3.63) is 59.7 Å². The van der Waals surface area contributed by atoms with Gasteiger partial charge in [-0.25, -0.2) is 14.4 Å². The zero-order valence-corrected chi connectivity index (χ0v) is 14.5. The molecule has 0 atom stereocenters. The smallest absolute Gasteiger partial charge is 0.328 e. The highest BCUT2D eigenvalue weighted by molar-refractivity contribution is 6.56. The van der Waals surface area contributed by atoms with Gasteiger partial charge in [-0.3, -0.25) is 4.79 Å². The molecule has 0 saturated carbocycles. The maximum absolute atomic E-state index is 12.8. The van der Waals surface area contributed by atoms with Crippen LogP contribution in [0, 0.1) is 0 Å². The number of aliphatic imine (C=N–C) groups is 1. The van der Waals surface area contributed by atoms with Crippen LogP contribution in [0.15, 0.2) is 53.5 Å². The average Bonchev–Trinajstić information content (AvgIpc) is 3.15. The largest absolute Gasteiger partial charge is 0.494 e. The van der Waals surface area contributed by atoms with Gasteiger partial charge in [0.05, 0.1) is 16.8 Å². The number of fused-ring (bicyclic) bond motifs is 2. The van der Waals surface area contributed by atoms with Crippen molar-refractivity contribution in [3.8, 4) is 5.88 Å². The molecule has 3 aromatic rings. The zero-order valence-electron chi connectivity index (χ0n) is 14.5. The number of nitrogens with zero attached hydrogens (tertiary/aromatic N) is 2. The Morgan fingerprint density at radius 2 is 1.89 bits per heavy atom. The molecule has 7 nitrogen and oxygen atoms in total. The molecule has 0 fully saturated rings. The van der Waals surface area contributed by atoms with Crippen LogP contribution < -0.4 is 11.1 Å². The first kappa shape index (κ1) is 17.0. The number of aromatic hydroxyl groups is 1. The zero-order chi connectivity index (χ0) is 19.0. The summed E-state index contributed by atoms with van der Waals surface area (Å²) in [6.07, 6.45) is 0.624. The fourth-order valence-corrected chi connectivity index (χ4v) is 3.27. The lowest BCUT2D eigenvalue weighted by Crippen LogP contribution is -2.30. The van der Waals surface area contributed by atoms with Crippen LogP contribution in [0.2, 0.25) is 0 Å². The summed E-state index contributed by atoms with van der Waals surface area (Å²) in [6.45, 7) is 0.843. The Labute approximate surface area is 155 Å². The molecule has 1 aliphatic heterocycles. The predicted octanol–water partition coefficient (Wildman–Crippen LogP) is 2.57. The highest BCUT2D eigenvalue weighted by atomic mass is 16.3. The van der Waals surface area contributed by atoms with E-state index in [1.165, 1.54) is 4.57 Å². The van der Waals surface area contributed by atoms with Crippen LogP contribution in [0.5, 0.6) is 5.88 Å². The van der Waals surface area contributed by atoms with Crippen LogP contribution in [0.25, 0.3) is 10.9 Å². The van der Waals surface area contributed by atoms with Crippen LogP contribution in [0.1, 0.15) is 22.3 Å². The molecule has 136 valence electrons. The second-order valence-corrected chi connectivity index (χ2v) is 6.23. The van der Waals surface area contributed by atoms with Crippen molar-refractivity contribution in [1.82, 2.24) is 9.88 Å². The third kappa shape index (κ3) is 2.69. The molecule has 2 heterocycles. The number of carbonyl (C=O) groups is 2. The van der Waals surface area contributed by atoms with E-state index in [-0.39, 0.29) is 22.9 Å². The molecule has 0 radical (unpaired) electrons. The number of ketones is 1. The molecule has 4 N–H and O–H groups in total. The minimum absolute atomic E-state index is 0.137. The van der Waals surface area contributed by atoms with E-state index in [0.717, 1.165) is 0 Å². The Bertz CT molecular complexity index is 1100. The molecule has 0 saturated heterocycles. The van der Waals surface area contributed by atoms with Gasteiger partial charge in [-0.05, 0) is 31.2 Å². The molecule has 2 aromatic carbocycles. The lowest BCUT2D eigenvalue weighted by atomic mass is 10.0. The summed E-state index contributed by atoms with van der Waals surface area (Å²) in [4.78, 5) is 29.8. The van der Waals surface area contributed by atoms with Crippen LogP contribution in [0.3, 0.4) is 0 Å². The minimum Gasteiger partial charge on any atom is -0.494 e. The van der Waals surface area contributed by atoms with Gasteiger partial charge >= 0.3 is 6.03 Å². The normalized spacial score (nSPS) is 12.9. The highest BCUT2D eigenvalue weighted by Crippen LogP contribution is 2.37. The topological polar surface area (TPSA) is 110 Å². The molecule has 1 aliphatic rings. The standard InChI is InChI=1S/C20H18N4O3/c21-10-5-11-22-20(27)24-15-9-4-2-7-13(15)16(19(24)26)17-18(25)12-6-1-3-8-14(12)23-17/h1-4,6-9,26H,5,10-11,21H2,(H,22,27). The lowest BCUT2D eigenvalue weighted by molar-refractivity contribution is 0.107.